The molecule has 1 atom stereocenters. The van der Waals surface area contributed by atoms with Crippen LogP contribution < -0.4 is 16.6 Å². The number of pyridine rings is 1. The van der Waals surface area contributed by atoms with Crippen LogP contribution in [0, 0.1) is 0 Å². The van der Waals surface area contributed by atoms with Gasteiger partial charge in [-0.3, -0.25) is 14.3 Å². The zero-order valence-corrected chi connectivity index (χ0v) is 17.9. The Balaban J connectivity index is 1.88. The van der Waals surface area contributed by atoms with Gasteiger partial charge in [0.25, 0.3) is 5.56 Å². The van der Waals surface area contributed by atoms with E-state index in [1.54, 1.807) is 20.8 Å². The number of aryl methyl sites for hydroxylation is 1. The molecule has 0 saturated carbocycles. The lowest BCUT2D eigenvalue weighted by Gasteiger charge is -2.22. The fraction of sp³-hybridized carbons (Fsp3) is 0.350. The number of ether oxygens (including phenoxy) is 1. The molecular formula is C20H22N6O6. The van der Waals surface area contributed by atoms with Crippen molar-refractivity contribution in [2.45, 2.75) is 38.8 Å². The third kappa shape index (κ3) is 4.79. The van der Waals surface area contributed by atoms with Gasteiger partial charge in [0.2, 0.25) is 0 Å². The topological polar surface area (TPSA) is 158 Å². The normalized spacial score (nSPS) is 12.4. The van der Waals surface area contributed by atoms with Crippen LogP contribution in [0.1, 0.15) is 26.5 Å². The van der Waals surface area contributed by atoms with E-state index < -0.39 is 35.0 Å². The average Bonchev–Trinajstić information content (AvgIpc) is 2.71. The number of aromatic nitrogens is 5. The maximum atomic E-state index is 12.8. The largest absolute Gasteiger partial charge is 0.480 e. The number of nitrogens with zero attached hydrogens (tertiary/aromatic N) is 5. The van der Waals surface area contributed by atoms with Gasteiger partial charge in [0.1, 0.15) is 23.4 Å². The van der Waals surface area contributed by atoms with E-state index in [1.165, 1.54) is 42.5 Å². The predicted molar refractivity (Wildman–Crippen MR) is 113 cm³/mol. The van der Waals surface area contributed by atoms with Crippen LogP contribution in [0.3, 0.4) is 0 Å². The van der Waals surface area contributed by atoms with Gasteiger partial charge in [-0.2, -0.15) is 0 Å². The molecule has 0 fully saturated rings. The molecule has 0 unspecified atom stereocenters. The Morgan fingerprint density at radius 2 is 1.91 bits per heavy atom. The number of carbonyl (C=O) groups excluding carboxylic acids is 1. The highest BCUT2D eigenvalue weighted by molar-refractivity contribution is 5.80. The monoisotopic (exact) mass is 442 g/mol. The van der Waals surface area contributed by atoms with Gasteiger partial charge in [0.15, 0.2) is 5.65 Å². The average molecular weight is 442 g/mol. The summed E-state index contributed by atoms with van der Waals surface area (Å²) in [6.07, 6.45) is 2.84. The molecule has 168 valence electrons. The third-order valence-corrected chi connectivity index (χ3v) is 4.39. The van der Waals surface area contributed by atoms with Crippen LogP contribution >= 0.6 is 0 Å². The molecule has 32 heavy (non-hydrogen) atoms. The van der Waals surface area contributed by atoms with E-state index in [0.717, 1.165) is 4.57 Å². The molecule has 3 aromatic heterocycles. The van der Waals surface area contributed by atoms with Crippen molar-refractivity contribution in [3.05, 3.63) is 57.4 Å². The summed E-state index contributed by atoms with van der Waals surface area (Å²) < 4.78 is 7.23. The second-order valence-corrected chi connectivity index (χ2v) is 7.99. The van der Waals surface area contributed by atoms with E-state index in [4.69, 9.17) is 4.74 Å². The number of amides is 1. The number of alkyl carbamates (subject to hydrolysis) is 1. The molecule has 1 amide bonds. The first-order valence-electron chi connectivity index (χ1n) is 9.57. The van der Waals surface area contributed by atoms with Crippen molar-refractivity contribution in [3.63, 3.8) is 0 Å². The molecule has 0 saturated heterocycles. The van der Waals surface area contributed by atoms with Crippen LogP contribution in [0.5, 0.6) is 0 Å². The standard InChI is InChI=1S/C20H22N6O6/c1-20(2,3)32-18(30)24-14(17(28)29)7-11-5-6-12(8-22-11)26-16(27)13-9-21-10-23-15(13)25(4)19(26)31/h5-6,8-10,14H,7H2,1-4H3,(H,24,30)(H,28,29)/t14-/m0/s1. The molecule has 2 N–H and O–H groups in total. The highest BCUT2D eigenvalue weighted by Crippen LogP contribution is 2.10. The zero-order chi connectivity index (χ0) is 23.6. The van der Waals surface area contributed by atoms with Gasteiger partial charge in [-0.05, 0) is 32.9 Å². The highest BCUT2D eigenvalue weighted by Gasteiger charge is 2.25. The number of nitrogens with one attached hydrogen (secondary N) is 1. The number of hydrogen-bond acceptors (Lipinski definition) is 8. The van der Waals surface area contributed by atoms with Crippen LogP contribution in [0.4, 0.5) is 4.79 Å². The fourth-order valence-corrected chi connectivity index (χ4v) is 2.95. The molecule has 3 aromatic rings. The molecule has 3 heterocycles. The van der Waals surface area contributed by atoms with Crippen LogP contribution in [-0.4, -0.2) is 52.9 Å². The number of fused-ring (bicyclic) bond motifs is 1. The molecule has 0 spiro atoms. The SMILES string of the molecule is Cn1c(=O)n(-c2ccc(C[C@H](NC(=O)OC(C)(C)C)C(=O)O)nc2)c(=O)c2cncnc21. The Morgan fingerprint density at radius 3 is 2.50 bits per heavy atom. The van der Waals surface area contributed by atoms with Gasteiger partial charge in [-0.15, -0.1) is 0 Å². The van der Waals surface area contributed by atoms with Crippen molar-refractivity contribution in [1.29, 1.82) is 0 Å². The van der Waals surface area contributed by atoms with E-state index in [2.05, 4.69) is 20.3 Å². The Morgan fingerprint density at radius 1 is 1.19 bits per heavy atom. The molecule has 3 rings (SSSR count). The lowest BCUT2D eigenvalue weighted by molar-refractivity contribution is -0.139. The quantitative estimate of drug-likeness (QED) is 0.570. The van der Waals surface area contributed by atoms with Crippen molar-refractivity contribution in [2.75, 3.05) is 0 Å². The Kier molecular flexibility index (Phi) is 6.05. The molecule has 12 heteroatoms. The molecule has 12 nitrogen and oxygen atoms in total. The van der Waals surface area contributed by atoms with Gasteiger partial charge in [0, 0.05) is 25.4 Å². The van der Waals surface area contributed by atoms with Crippen LogP contribution in [0.25, 0.3) is 16.7 Å². The molecule has 0 aromatic carbocycles. The number of carboxylic acid groups (broad SMARTS) is 1. The Hall–Kier alpha value is -4.09. The van der Waals surface area contributed by atoms with E-state index in [0.29, 0.717) is 5.69 Å². The van der Waals surface area contributed by atoms with E-state index in [1.807, 2.05) is 0 Å². The van der Waals surface area contributed by atoms with Crippen LogP contribution in [0.15, 0.2) is 40.4 Å². The van der Waals surface area contributed by atoms with Crippen LogP contribution in [0.2, 0.25) is 0 Å². The van der Waals surface area contributed by atoms with Crippen LogP contribution in [-0.2, 0) is 23.0 Å². The zero-order valence-electron chi connectivity index (χ0n) is 17.9. The summed E-state index contributed by atoms with van der Waals surface area (Å²) in [5.74, 6) is -1.26. The summed E-state index contributed by atoms with van der Waals surface area (Å²) in [6.45, 7) is 4.98. The van der Waals surface area contributed by atoms with Crippen molar-refractivity contribution < 1.29 is 19.4 Å². The predicted octanol–water partition coefficient (Wildman–Crippen LogP) is 0.395. The van der Waals surface area contributed by atoms with Crippen molar-refractivity contribution in [1.82, 2.24) is 29.4 Å². The fourth-order valence-electron chi connectivity index (χ4n) is 2.95. The molecule has 0 aliphatic rings. The summed E-state index contributed by atoms with van der Waals surface area (Å²) in [7, 11) is 1.48. The van der Waals surface area contributed by atoms with Crippen molar-refractivity contribution in [3.8, 4) is 5.69 Å². The maximum absolute atomic E-state index is 12.8. The second kappa shape index (κ2) is 8.57. The number of carbonyl (C=O) groups is 2. The minimum atomic E-state index is -1.28. The van der Waals surface area contributed by atoms with Gasteiger partial charge in [-0.25, -0.2) is 28.9 Å². The van der Waals surface area contributed by atoms with E-state index in [9.17, 15) is 24.3 Å². The first-order valence-corrected chi connectivity index (χ1v) is 9.57. The number of hydrogen-bond donors (Lipinski definition) is 2. The minimum absolute atomic E-state index is 0.132. The van der Waals surface area contributed by atoms with E-state index in [-0.39, 0.29) is 23.1 Å². The number of aliphatic carboxylic acids is 1. The third-order valence-electron chi connectivity index (χ3n) is 4.39. The Labute approximate surface area is 181 Å². The summed E-state index contributed by atoms with van der Waals surface area (Å²) in [5.41, 5.74) is -1.28. The minimum Gasteiger partial charge on any atom is -0.480 e. The van der Waals surface area contributed by atoms with Gasteiger partial charge in [-0.1, -0.05) is 0 Å². The van der Waals surface area contributed by atoms with Gasteiger partial charge in [0.05, 0.1) is 11.9 Å². The summed E-state index contributed by atoms with van der Waals surface area (Å²) in [6, 6.07) is 1.66. The molecule has 0 radical (unpaired) electrons. The smallest absolute Gasteiger partial charge is 0.408 e. The summed E-state index contributed by atoms with van der Waals surface area (Å²) in [5, 5.41) is 11.9. The Bertz CT molecular complexity index is 1290. The number of carboxylic acids is 1. The van der Waals surface area contributed by atoms with Crippen molar-refractivity contribution in [2.24, 2.45) is 7.05 Å². The first-order chi connectivity index (χ1) is 15.0. The lowest BCUT2D eigenvalue weighted by Crippen LogP contribution is -2.44. The van der Waals surface area contributed by atoms with E-state index >= 15 is 0 Å². The van der Waals surface area contributed by atoms with Gasteiger partial charge < -0.3 is 15.2 Å². The highest BCUT2D eigenvalue weighted by atomic mass is 16.6. The second-order valence-electron chi connectivity index (χ2n) is 7.99. The maximum Gasteiger partial charge on any atom is 0.408 e. The molecule has 0 aliphatic heterocycles. The summed E-state index contributed by atoms with van der Waals surface area (Å²) in [4.78, 5) is 60.9. The summed E-state index contributed by atoms with van der Waals surface area (Å²) >= 11 is 0. The van der Waals surface area contributed by atoms with Gasteiger partial charge >= 0.3 is 17.8 Å². The molecule has 0 aliphatic carbocycles. The van der Waals surface area contributed by atoms with Crippen molar-refractivity contribution >= 4 is 23.1 Å². The first kappa shape index (κ1) is 22.6. The molecular weight excluding hydrogens is 420 g/mol. The molecule has 0 bridgehead atoms. The number of rotatable bonds is 5. The lowest BCUT2D eigenvalue weighted by atomic mass is 10.1.